The number of anilines is 2. The van der Waals surface area contributed by atoms with Gasteiger partial charge in [-0.1, -0.05) is 12.1 Å². The van der Waals surface area contributed by atoms with E-state index in [0.717, 1.165) is 16.9 Å². The largest absolute Gasteiger partial charge is 0.479 e. The average molecular weight is 312 g/mol. The maximum Gasteiger partial charge on any atom is 0.246 e. The Morgan fingerprint density at radius 2 is 2.13 bits per heavy atom. The van der Waals surface area contributed by atoms with Crippen LogP contribution in [-0.4, -0.2) is 26.6 Å². The lowest BCUT2D eigenvalue weighted by molar-refractivity contribution is 0.402. The van der Waals surface area contributed by atoms with Gasteiger partial charge in [0.15, 0.2) is 11.2 Å². The normalized spacial score (nSPS) is 11.2. The molecule has 0 aliphatic rings. The van der Waals surface area contributed by atoms with Crippen molar-refractivity contribution in [2.75, 3.05) is 12.4 Å². The first kappa shape index (κ1) is 15.2. The molecule has 0 aliphatic carbocycles. The van der Waals surface area contributed by atoms with Gasteiger partial charge in [0, 0.05) is 18.3 Å². The van der Waals surface area contributed by atoms with Gasteiger partial charge < -0.3 is 20.4 Å². The Hall–Kier alpha value is -2.67. The predicted octanol–water partition coefficient (Wildman–Crippen LogP) is 2.62. The summed E-state index contributed by atoms with van der Waals surface area (Å²) in [6, 6.07) is 8.08. The van der Waals surface area contributed by atoms with Crippen molar-refractivity contribution in [3.63, 3.8) is 0 Å². The van der Waals surface area contributed by atoms with E-state index in [2.05, 4.69) is 34.1 Å². The average Bonchev–Trinajstić information content (AvgIpc) is 2.98. The van der Waals surface area contributed by atoms with Crippen LogP contribution in [0.15, 0.2) is 30.6 Å². The zero-order valence-electron chi connectivity index (χ0n) is 13.4. The quantitative estimate of drug-likeness (QED) is 0.752. The molecule has 120 valence electrons. The van der Waals surface area contributed by atoms with E-state index in [1.807, 2.05) is 28.8 Å². The van der Waals surface area contributed by atoms with E-state index >= 15 is 0 Å². The lowest BCUT2D eigenvalue weighted by Crippen LogP contribution is -2.05. The molecule has 23 heavy (non-hydrogen) atoms. The van der Waals surface area contributed by atoms with Crippen molar-refractivity contribution < 1.29 is 4.74 Å². The monoisotopic (exact) mass is 312 g/mol. The summed E-state index contributed by atoms with van der Waals surface area (Å²) in [5, 5.41) is 3.20. The van der Waals surface area contributed by atoms with Crippen LogP contribution in [-0.2, 0) is 6.54 Å². The third-order valence-corrected chi connectivity index (χ3v) is 3.56. The van der Waals surface area contributed by atoms with Crippen LogP contribution < -0.4 is 15.8 Å². The van der Waals surface area contributed by atoms with Gasteiger partial charge in [-0.15, -0.1) is 0 Å². The van der Waals surface area contributed by atoms with Crippen LogP contribution >= 0.6 is 0 Å². The van der Waals surface area contributed by atoms with E-state index in [1.165, 1.54) is 0 Å². The Kier molecular flexibility index (Phi) is 4.12. The Labute approximate surface area is 134 Å². The molecule has 1 aromatic carbocycles. The number of nitrogens with one attached hydrogen (secondary N) is 1. The predicted molar refractivity (Wildman–Crippen MR) is 89.9 cm³/mol. The molecular weight excluding hydrogens is 292 g/mol. The summed E-state index contributed by atoms with van der Waals surface area (Å²) in [6.07, 6.45) is 1.76. The van der Waals surface area contributed by atoms with Crippen LogP contribution in [0.2, 0.25) is 0 Å². The van der Waals surface area contributed by atoms with Crippen molar-refractivity contribution >= 4 is 22.8 Å². The molecule has 3 N–H and O–H groups in total. The highest BCUT2D eigenvalue weighted by molar-refractivity contribution is 5.78. The van der Waals surface area contributed by atoms with Crippen molar-refractivity contribution in [3.05, 3.63) is 36.2 Å². The highest BCUT2D eigenvalue weighted by Gasteiger charge is 2.15. The van der Waals surface area contributed by atoms with Gasteiger partial charge in [0.1, 0.15) is 0 Å². The second-order valence-electron chi connectivity index (χ2n) is 5.50. The molecule has 0 unspecified atom stereocenters. The molecule has 2 aromatic heterocycles. The SMILES string of the molecule is COc1nc(Nc2cccc(CN)c2)nc2c1ncn2C(C)C. The Bertz CT molecular complexity index is 827. The van der Waals surface area contributed by atoms with Crippen molar-refractivity contribution in [2.24, 2.45) is 5.73 Å². The third kappa shape index (κ3) is 2.95. The molecule has 0 saturated heterocycles. The van der Waals surface area contributed by atoms with Crippen LogP contribution in [0.1, 0.15) is 25.5 Å². The number of nitrogens with zero attached hydrogens (tertiary/aromatic N) is 4. The van der Waals surface area contributed by atoms with Crippen LogP contribution in [0.4, 0.5) is 11.6 Å². The second-order valence-corrected chi connectivity index (χ2v) is 5.50. The van der Waals surface area contributed by atoms with Gasteiger partial charge in [-0.2, -0.15) is 9.97 Å². The Balaban J connectivity index is 2.04. The summed E-state index contributed by atoms with van der Waals surface area (Å²) in [5.41, 5.74) is 8.99. The van der Waals surface area contributed by atoms with Crippen LogP contribution in [0.25, 0.3) is 11.2 Å². The molecule has 0 bridgehead atoms. The smallest absolute Gasteiger partial charge is 0.246 e. The fourth-order valence-corrected chi connectivity index (χ4v) is 2.37. The van der Waals surface area contributed by atoms with Gasteiger partial charge in [0.05, 0.1) is 13.4 Å². The van der Waals surface area contributed by atoms with E-state index in [0.29, 0.717) is 23.9 Å². The number of hydrogen-bond donors (Lipinski definition) is 2. The lowest BCUT2D eigenvalue weighted by Gasteiger charge is -2.11. The standard InChI is InChI=1S/C16H20N6O/c1-10(2)22-9-18-13-14(22)20-16(21-15(13)23-3)19-12-6-4-5-11(7-12)8-17/h4-7,9-10H,8,17H2,1-3H3,(H,19,20,21). The van der Waals surface area contributed by atoms with Crippen LogP contribution in [0.5, 0.6) is 5.88 Å². The number of hydrogen-bond acceptors (Lipinski definition) is 6. The van der Waals surface area contributed by atoms with Crippen LogP contribution in [0, 0.1) is 0 Å². The minimum atomic E-state index is 0.244. The molecule has 3 aromatic rings. The fraction of sp³-hybridized carbons (Fsp3) is 0.312. The van der Waals surface area contributed by atoms with Crippen LogP contribution in [0.3, 0.4) is 0 Å². The zero-order valence-corrected chi connectivity index (χ0v) is 13.4. The molecule has 0 fully saturated rings. The summed E-state index contributed by atoms with van der Waals surface area (Å²) in [5.74, 6) is 0.915. The summed E-state index contributed by atoms with van der Waals surface area (Å²) in [4.78, 5) is 13.3. The molecule has 3 rings (SSSR count). The van der Waals surface area contributed by atoms with Gasteiger partial charge in [-0.3, -0.25) is 0 Å². The molecule has 0 atom stereocenters. The minimum absolute atomic E-state index is 0.244. The summed E-state index contributed by atoms with van der Waals surface area (Å²) < 4.78 is 7.34. The van der Waals surface area contributed by atoms with E-state index in [9.17, 15) is 0 Å². The number of nitrogens with two attached hydrogens (primary N) is 1. The molecular formula is C16H20N6O. The maximum atomic E-state index is 5.68. The van der Waals surface area contributed by atoms with E-state index in [4.69, 9.17) is 10.5 Å². The molecule has 7 heteroatoms. The van der Waals surface area contributed by atoms with E-state index < -0.39 is 0 Å². The molecule has 0 radical (unpaired) electrons. The minimum Gasteiger partial charge on any atom is -0.479 e. The summed E-state index contributed by atoms with van der Waals surface area (Å²) >= 11 is 0. The van der Waals surface area contributed by atoms with Crippen molar-refractivity contribution in [2.45, 2.75) is 26.4 Å². The first-order valence-electron chi connectivity index (χ1n) is 7.47. The number of fused-ring (bicyclic) bond motifs is 1. The highest BCUT2D eigenvalue weighted by Crippen LogP contribution is 2.26. The number of imidazole rings is 1. The summed E-state index contributed by atoms with van der Waals surface area (Å²) in [6.45, 7) is 4.64. The van der Waals surface area contributed by atoms with Crippen molar-refractivity contribution in [1.82, 2.24) is 19.5 Å². The molecule has 7 nitrogen and oxygen atoms in total. The molecule has 0 amide bonds. The van der Waals surface area contributed by atoms with Gasteiger partial charge in [0.2, 0.25) is 11.8 Å². The zero-order chi connectivity index (χ0) is 16.4. The van der Waals surface area contributed by atoms with Gasteiger partial charge >= 0.3 is 0 Å². The second kappa shape index (κ2) is 6.21. The Morgan fingerprint density at radius 1 is 1.30 bits per heavy atom. The van der Waals surface area contributed by atoms with Crippen molar-refractivity contribution in [3.8, 4) is 5.88 Å². The number of ether oxygens (including phenoxy) is 1. The molecule has 0 aliphatic heterocycles. The first-order chi connectivity index (χ1) is 11.1. The first-order valence-corrected chi connectivity index (χ1v) is 7.47. The fourth-order valence-electron chi connectivity index (χ4n) is 2.37. The highest BCUT2D eigenvalue weighted by atomic mass is 16.5. The van der Waals surface area contributed by atoms with Gasteiger partial charge in [-0.05, 0) is 31.5 Å². The number of benzene rings is 1. The molecule has 2 heterocycles. The summed E-state index contributed by atoms with van der Waals surface area (Å²) in [7, 11) is 1.58. The number of rotatable bonds is 5. The molecule has 0 saturated carbocycles. The van der Waals surface area contributed by atoms with E-state index in [-0.39, 0.29) is 6.04 Å². The number of aromatic nitrogens is 4. The third-order valence-electron chi connectivity index (χ3n) is 3.56. The van der Waals surface area contributed by atoms with Crippen molar-refractivity contribution in [1.29, 1.82) is 0 Å². The van der Waals surface area contributed by atoms with Gasteiger partial charge in [0.25, 0.3) is 0 Å². The Morgan fingerprint density at radius 3 is 2.83 bits per heavy atom. The maximum absolute atomic E-state index is 5.68. The molecule has 0 spiro atoms. The van der Waals surface area contributed by atoms with E-state index in [1.54, 1.807) is 13.4 Å². The number of methoxy groups -OCH3 is 1. The lowest BCUT2D eigenvalue weighted by atomic mass is 10.2. The topological polar surface area (TPSA) is 90.9 Å². The van der Waals surface area contributed by atoms with Gasteiger partial charge in [-0.25, -0.2) is 4.98 Å².